The second-order valence-electron chi connectivity index (χ2n) is 6.04. The number of carbonyl (C=O) groups is 1. The molecule has 25 heavy (non-hydrogen) atoms. The molecular weight excluding hydrogens is 320 g/mol. The lowest BCUT2D eigenvalue weighted by Crippen LogP contribution is -2.04. The monoisotopic (exact) mass is 352 g/mol. The lowest BCUT2D eigenvalue weighted by molar-refractivity contribution is -0.115. The topological polar surface area (TPSA) is 98.0 Å². The van der Waals surface area contributed by atoms with E-state index in [9.17, 15) is 9.90 Å². The maximum absolute atomic E-state index is 12.0. The normalized spacial score (nSPS) is 13.2. The predicted octanol–water partition coefficient (Wildman–Crippen LogP) is 2.22. The molecule has 0 aromatic carbocycles. The van der Waals surface area contributed by atoms with E-state index >= 15 is 0 Å². The van der Waals surface area contributed by atoms with Gasteiger partial charge in [-0.05, 0) is 55.7 Å². The van der Waals surface area contributed by atoms with Crippen molar-refractivity contribution in [3.8, 4) is 0 Å². The van der Waals surface area contributed by atoms with Gasteiger partial charge in [-0.2, -0.15) is 0 Å². The molecule has 0 aromatic heterocycles. The summed E-state index contributed by atoms with van der Waals surface area (Å²) >= 11 is 0. The largest absolute Gasteiger partial charge is 0.392 e. The van der Waals surface area contributed by atoms with Crippen LogP contribution in [0.15, 0.2) is 47.1 Å². The Morgan fingerprint density at radius 2 is 1.40 bits per heavy atom. The van der Waals surface area contributed by atoms with Crippen LogP contribution in [0.25, 0.3) is 0 Å². The first-order chi connectivity index (χ1) is 12.0. The molecule has 0 amide bonds. The molecule has 5 heteroatoms. The lowest BCUT2D eigenvalue weighted by Gasteiger charge is -2.07. The Morgan fingerprint density at radius 1 is 0.800 bits per heavy atom. The van der Waals surface area contributed by atoms with Crippen LogP contribution < -0.4 is 0 Å². The van der Waals surface area contributed by atoms with E-state index in [1.807, 2.05) is 19.1 Å². The summed E-state index contributed by atoms with van der Waals surface area (Å²) in [5.41, 5.74) is 3.01. The van der Waals surface area contributed by atoms with Crippen LogP contribution in [0.5, 0.6) is 0 Å². The zero-order chi connectivity index (χ0) is 19.1. The average molecular weight is 352 g/mol. The molecule has 0 aliphatic heterocycles. The predicted molar refractivity (Wildman–Crippen MR) is 100 cm³/mol. The van der Waals surface area contributed by atoms with Gasteiger partial charge >= 0.3 is 0 Å². The van der Waals surface area contributed by atoms with Gasteiger partial charge in [0.25, 0.3) is 0 Å². The standard InChI is InChI=1S/C20H32O5/c1-16(13-22)5-3-7-18(14-23)8-4-6-17(2)20(25)10-9-19(15-24)11-12-21/h5,8,11,21-24H,2-4,6-7,9-10,12-15H2,1H3. The van der Waals surface area contributed by atoms with Gasteiger partial charge in [0.15, 0.2) is 5.78 Å². The van der Waals surface area contributed by atoms with Crippen molar-refractivity contribution in [3.05, 3.63) is 47.1 Å². The smallest absolute Gasteiger partial charge is 0.158 e. The first-order valence-electron chi connectivity index (χ1n) is 8.64. The van der Waals surface area contributed by atoms with Crippen molar-refractivity contribution < 1.29 is 25.2 Å². The number of ketones is 1. The van der Waals surface area contributed by atoms with Crippen LogP contribution >= 0.6 is 0 Å². The Hall–Kier alpha value is -1.53. The fourth-order valence-corrected chi connectivity index (χ4v) is 2.23. The zero-order valence-electron chi connectivity index (χ0n) is 15.2. The summed E-state index contributed by atoms with van der Waals surface area (Å²) in [7, 11) is 0. The number of aliphatic hydroxyl groups is 4. The molecule has 0 aliphatic carbocycles. The molecule has 0 bridgehead atoms. The number of allylic oxidation sites excluding steroid dienone is 3. The molecule has 5 nitrogen and oxygen atoms in total. The molecule has 0 aliphatic rings. The second-order valence-corrected chi connectivity index (χ2v) is 6.04. The van der Waals surface area contributed by atoms with Crippen molar-refractivity contribution in [2.45, 2.75) is 45.4 Å². The molecule has 0 radical (unpaired) electrons. The van der Waals surface area contributed by atoms with Crippen molar-refractivity contribution in [1.29, 1.82) is 0 Å². The molecule has 4 N–H and O–H groups in total. The summed E-state index contributed by atoms with van der Waals surface area (Å²) in [4.78, 5) is 12.0. The number of carbonyl (C=O) groups excluding carboxylic acids is 1. The molecule has 0 rings (SSSR count). The zero-order valence-corrected chi connectivity index (χ0v) is 15.2. The van der Waals surface area contributed by atoms with E-state index in [4.69, 9.17) is 15.3 Å². The van der Waals surface area contributed by atoms with Crippen LogP contribution in [-0.4, -0.2) is 52.6 Å². The van der Waals surface area contributed by atoms with E-state index in [0.29, 0.717) is 30.4 Å². The second kappa shape index (κ2) is 14.8. The molecule has 0 atom stereocenters. The summed E-state index contributed by atoms with van der Waals surface area (Å²) in [6, 6.07) is 0. The highest BCUT2D eigenvalue weighted by molar-refractivity contribution is 5.94. The minimum Gasteiger partial charge on any atom is -0.392 e. The Labute approximate surface area is 150 Å². The summed E-state index contributed by atoms with van der Waals surface area (Å²) in [5.74, 6) is -0.0438. The van der Waals surface area contributed by atoms with Crippen LogP contribution in [-0.2, 0) is 4.79 Å². The Kier molecular flexibility index (Phi) is 13.9. The Balaban J connectivity index is 4.28. The van der Waals surface area contributed by atoms with E-state index in [1.54, 1.807) is 0 Å². The van der Waals surface area contributed by atoms with Gasteiger partial charge in [0.1, 0.15) is 0 Å². The first-order valence-corrected chi connectivity index (χ1v) is 8.64. The quantitative estimate of drug-likeness (QED) is 0.284. The van der Waals surface area contributed by atoms with Crippen LogP contribution in [0.2, 0.25) is 0 Å². The van der Waals surface area contributed by atoms with E-state index in [0.717, 1.165) is 24.0 Å². The molecule has 0 unspecified atom stereocenters. The fraction of sp³-hybridized carbons (Fsp3) is 0.550. The van der Waals surface area contributed by atoms with Gasteiger partial charge in [-0.3, -0.25) is 4.79 Å². The first kappa shape index (κ1) is 23.5. The minimum absolute atomic E-state index is 0.0156. The molecule has 0 aromatic rings. The number of hydrogen-bond acceptors (Lipinski definition) is 5. The molecule has 0 spiro atoms. The van der Waals surface area contributed by atoms with Gasteiger partial charge in [0.2, 0.25) is 0 Å². The average Bonchev–Trinajstić information content (AvgIpc) is 2.62. The summed E-state index contributed by atoms with van der Waals surface area (Å²) in [6.45, 7) is 5.40. The molecular formula is C20H32O5. The van der Waals surface area contributed by atoms with Gasteiger partial charge in [-0.1, -0.05) is 30.4 Å². The third-order valence-corrected chi connectivity index (χ3v) is 3.94. The van der Waals surface area contributed by atoms with Crippen molar-refractivity contribution in [1.82, 2.24) is 0 Å². The van der Waals surface area contributed by atoms with Crippen LogP contribution in [0.1, 0.15) is 45.4 Å². The van der Waals surface area contributed by atoms with Gasteiger partial charge in [-0.25, -0.2) is 0 Å². The van der Waals surface area contributed by atoms with Crippen molar-refractivity contribution in [2.24, 2.45) is 0 Å². The van der Waals surface area contributed by atoms with Crippen molar-refractivity contribution in [3.63, 3.8) is 0 Å². The van der Waals surface area contributed by atoms with Gasteiger partial charge in [0.05, 0.1) is 26.4 Å². The molecule has 0 saturated carbocycles. The molecule has 142 valence electrons. The number of hydrogen-bond donors (Lipinski definition) is 4. The third-order valence-electron chi connectivity index (χ3n) is 3.94. The molecule has 0 heterocycles. The highest BCUT2D eigenvalue weighted by atomic mass is 16.3. The van der Waals surface area contributed by atoms with E-state index in [1.165, 1.54) is 6.08 Å². The summed E-state index contributed by atoms with van der Waals surface area (Å²) in [5, 5.41) is 36.2. The lowest BCUT2D eigenvalue weighted by atomic mass is 9.99. The molecule has 0 saturated heterocycles. The van der Waals surface area contributed by atoms with E-state index in [2.05, 4.69) is 6.58 Å². The summed E-state index contributed by atoms with van der Waals surface area (Å²) in [6.07, 6.45) is 8.75. The maximum atomic E-state index is 12.0. The highest BCUT2D eigenvalue weighted by Gasteiger charge is 2.08. The van der Waals surface area contributed by atoms with Gasteiger partial charge in [-0.15, -0.1) is 0 Å². The number of rotatable bonds is 14. The van der Waals surface area contributed by atoms with Crippen molar-refractivity contribution >= 4 is 5.78 Å². The Bertz CT molecular complexity index is 500. The van der Waals surface area contributed by atoms with Crippen LogP contribution in [0.4, 0.5) is 0 Å². The maximum Gasteiger partial charge on any atom is 0.158 e. The fourth-order valence-electron chi connectivity index (χ4n) is 2.23. The van der Waals surface area contributed by atoms with Crippen LogP contribution in [0.3, 0.4) is 0 Å². The van der Waals surface area contributed by atoms with E-state index in [-0.39, 0.29) is 38.6 Å². The SMILES string of the molecule is C=C(CCC=C(CO)CCC=C(C)CO)C(=O)CCC(=CCO)CO. The van der Waals surface area contributed by atoms with Gasteiger partial charge < -0.3 is 20.4 Å². The Morgan fingerprint density at radius 3 is 1.96 bits per heavy atom. The summed E-state index contributed by atoms with van der Waals surface area (Å²) < 4.78 is 0. The van der Waals surface area contributed by atoms with E-state index < -0.39 is 0 Å². The minimum atomic E-state index is -0.160. The number of aliphatic hydroxyl groups excluding tert-OH is 4. The number of Topliss-reactive ketones (excluding diaryl/α,β-unsaturated/α-hetero) is 1. The molecule has 0 fully saturated rings. The third kappa shape index (κ3) is 11.6. The van der Waals surface area contributed by atoms with Crippen molar-refractivity contribution in [2.75, 3.05) is 26.4 Å². The van der Waals surface area contributed by atoms with Crippen LogP contribution in [0, 0.1) is 0 Å². The highest BCUT2D eigenvalue weighted by Crippen LogP contribution is 2.14. The van der Waals surface area contributed by atoms with Gasteiger partial charge in [0, 0.05) is 6.42 Å².